The number of fused-ring (bicyclic) bond motifs is 1. The zero-order valence-corrected chi connectivity index (χ0v) is 32.3. The molecule has 2 N–H and O–H groups in total. The van der Waals surface area contributed by atoms with Crippen molar-refractivity contribution in [1.29, 1.82) is 0 Å². The summed E-state index contributed by atoms with van der Waals surface area (Å²) in [6.45, 7) is 4.62. The molecule has 3 aromatic heterocycles. The number of amides is 4. The number of sulfonamides is 1. The van der Waals surface area contributed by atoms with Crippen molar-refractivity contribution in [2.75, 3.05) is 30.2 Å². The molecule has 294 valence electrons. The number of halogens is 2. The Hall–Kier alpha value is -5.54. The van der Waals surface area contributed by atoms with Gasteiger partial charge in [0, 0.05) is 12.3 Å². The van der Waals surface area contributed by atoms with Gasteiger partial charge in [0.25, 0.3) is 10.0 Å². The van der Waals surface area contributed by atoms with Gasteiger partial charge in [-0.1, -0.05) is 24.6 Å². The molecule has 0 bridgehead atoms. The molecular formula is C33H35ClFN7O11S2. The zero-order chi connectivity index (χ0) is 40.2. The number of methoxy groups -OCH3 is 2. The van der Waals surface area contributed by atoms with Crippen LogP contribution in [0.25, 0.3) is 5.65 Å². The molecule has 22 heteroatoms. The summed E-state index contributed by atoms with van der Waals surface area (Å²) < 4.78 is 88.5. The van der Waals surface area contributed by atoms with Gasteiger partial charge in [-0.25, -0.2) is 37.0 Å². The maximum absolute atomic E-state index is 14.3. The first-order chi connectivity index (χ1) is 26.0. The second-order valence-electron chi connectivity index (χ2n) is 12.0. The minimum absolute atomic E-state index is 0.00962. The van der Waals surface area contributed by atoms with Crippen molar-refractivity contribution in [3.8, 4) is 17.5 Å². The molecule has 1 saturated carbocycles. The molecule has 2 fully saturated rings. The van der Waals surface area contributed by atoms with Crippen LogP contribution in [-0.4, -0.2) is 80.3 Å². The number of rotatable bonds is 10. The summed E-state index contributed by atoms with van der Waals surface area (Å²) in [6, 6.07) is 6.93. The largest absolute Gasteiger partial charge is 0.489 e. The third kappa shape index (κ3) is 8.89. The summed E-state index contributed by atoms with van der Waals surface area (Å²) in [6.07, 6.45) is 4.32. The summed E-state index contributed by atoms with van der Waals surface area (Å²) >= 11 is 6.04. The molecule has 0 spiro atoms. The molecule has 6 rings (SSSR count). The number of hydrogen-bond acceptors (Lipinski definition) is 14. The number of hydrogen-bond donors (Lipinski definition) is 2. The van der Waals surface area contributed by atoms with E-state index in [1.807, 2.05) is 0 Å². The number of imidazole rings is 1. The van der Waals surface area contributed by atoms with Crippen LogP contribution in [0.4, 0.5) is 25.6 Å². The fourth-order valence-electron chi connectivity index (χ4n) is 5.35. The second-order valence-corrected chi connectivity index (χ2v) is 16.2. The first-order valence-electron chi connectivity index (χ1n) is 16.4. The number of benzene rings is 1. The molecule has 4 heterocycles. The molecule has 1 aliphatic heterocycles. The Labute approximate surface area is 319 Å². The van der Waals surface area contributed by atoms with Gasteiger partial charge in [-0.3, -0.25) is 14.5 Å². The highest BCUT2D eigenvalue weighted by Gasteiger charge is 2.40. The number of anilines is 2. The Bertz CT molecular complexity index is 2390. The molecule has 4 aromatic rings. The monoisotopic (exact) mass is 823 g/mol. The van der Waals surface area contributed by atoms with Crippen LogP contribution in [0.1, 0.15) is 46.5 Å². The van der Waals surface area contributed by atoms with Crippen LogP contribution in [0.2, 0.25) is 5.02 Å². The van der Waals surface area contributed by atoms with Gasteiger partial charge in [-0.15, -0.1) is 0 Å². The molecular weight excluding hydrogens is 789 g/mol. The zero-order valence-electron chi connectivity index (χ0n) is 30.0. The number of imide groups is 1. The Kier molecular flexibility index (Phi) is 12.2. The normalized spacial score (nSPS) is 14.7. The van der Waals surface area contributed by atoms with E-state index in [2.05, 4.69) is 20.3 Å². The van der Waals surface area contributed by atoms with E-state index in [4.69, 9.17) is 30.5 Å². The summed E-state index contributed by atoms with van der Waals surface area (Å²) in [5, 5.41) is 0.885. The SMILES string of the molecule is CC(C)=C1OC(=O)N(c2cc(OC3CCCC3)c(Cl)cc2F)C1=O.CCS(=O)(=O)c1nc2ccccn2c1S(=O)(=O)NC(=O)Nc1nc(OC)cc(OC)n1. The van der Waals surface area contributed by atoms with Crippen molar-refractivity contribution >= 4 is 66.8 Å². The standard InChI is InChI=1S/C17H17ClFNO4.C16H18N6O7S2/c1-9(2)15-16(21)20(17(22)24-15)13-8-14(11(18)7-12(13)19)23-10-5-3-4-6-10;1-4-30(24,25)13-14(22-8-6-5-7-10(22)17-13)31(26,27)21-16(23)20-15-18-11(28-2)9-12(19-15)29-3/h7-8,10H,3-6H2,1-2H3;5-9H,4H2,1-3H3,(H2,18,19,20,21,23). The number of nitrogens with one attached hydrogen (secondary N) is 2. The van der Waals surface area contributed by atoms with Gasteiger partial charge >= 0.3 is 18.0 Å². The number of carbonyl (C=O) groups excluding carboxylic acids is 3. The average molecular weight is 824 g/mol. The molecule has 0 unspecified atom stereocenters. The molecule has 1 saturated heterocycles. The van der Waals surface area contributed by atoms with Crippen LogP contribution >= 0.6 is 11.6 Å². The van der Waals surface area contributed by atoms with Crippen molar-refractivity contribution in [1.82, 2.24) is 24.1 Å². The van der Waals surface area contributed by atoms with E-state index >= 15 is 0 Å². The third-order valence-corrected chi connectivity index (χ3v) is 11.4. The number of allylic oxidation sites excluding steroid dienone is 1. The Balaban J connectivity index is 0.000000218. The minimum atomic E-state index is -4.68. The summed E-state index contributed by atoms with van der Waals surface area (Å²) in [5.41, 5.74) is 0.391. The van der Waals surface area contributed by atoms with Crippen molar-refractivity contribution < 1.29 is 54.6 Å². The van der Waals surface area contributed by atoms with E-state index in [1.54, 1.807) is 24.6 Å². The van der Waals surface area contributed by atoms with Crippen LogP contribution in [0.3, 0.4) is 0 Å². The van der Waals surface area contributed by atoms with Crippen molar-refractivity contribution in [2.45, 2.75) is 62.6 Å². The number of cyclic esters (lactones) is 1. The number of urea groups is 1. The van der Waals surface area contributed by atoms with Crippen molar-refractivity contribution in [2.24, 2.45) is 0 Å². The average Bonchev–Trinajstić information content (AvgIpc) is 3.87. The van der Waals surface area contributed by atoms with E-state index in [-0.39, 0.29) is 57.4 Å². The first-order valence-corrected chi connectivity index (χ1v) is 19.9. The highest BCUT2D eigenvalue weighted by Crippen LogP contribution is 2.37. The van der Waals surface area contributed by atoms with Gasteiger partial charge in [0.1, 0.15) is 17.2 Å². The first kappa shape index (κ1) is 40.6. The van der Waals surface area contributed by atoms with E-state index in [9.17, 15) is 35.6 Å². The van der Waals surface area contributed by atoms with E-state index in [0.29, 0.717) is 10.5 Å². The molecule has 2 aliphatic rings. The molecule has 55 heavy (non-hydrogen) atoms. The molecule has 0 radical (unpaired) electrons. The maximum Gasteiger partial charge on any atom is 0.427 e. The van der Waals surface area contributed by atoms with Gasteiger partial charge in [-0.2, -0.15) is 18.4 Å². The van der Waals surface area contributed by atoms with Gasteiger partial charge in [0.2, 0.25) is 17.7 Å². The lowest BCUT2D eigenvalue weighted by Crippen LogP contribution is -2.36. The predicted molar refractivity (Wildman–Crippen MR) is 194 cm³/mol. The van der Waals surface area contributed by atoms with E-state index in [0.717, 1.165) is 36.2 Å². The van der Waals surface area contributed by atoms with Crippen LogP contribution < -0.4 is 29.1 Å². The lowest BCUT2D eigenvalue weighted by Gasteiger charge is -2.18. The van der Waals surface area contributed by atoms with E-state index < -0.39 is 53.8 Å². The molecule has 0 atom stereocenters. The number of carbonyl (C=O) groups is 3. The van der Waals surface area contributed by atoms with Crippen LogP contribution in [-0.2, 0) is 29.4 Å². The quantitative estimate of drug-likeness (QED) is 0.200. The number of pyridine rings is 1. The summed E-state index contributed by atoms with van der Waals surface area (Å²) in [4.78, 5) is 49.0. The number of aromatic nitrogens is 4. The number of nitrogens with zero attached hydrogens (tertiary/aromatic N) is 5. The van der Waals surface area contributed by atoms with Crippen LogP contribution in [0.15, 0.2) is 64.0 Å². The second kappa shape index (κ2) is 16.4. The summed E-state index contributed by atoms with van der Waals surface area (Å²) in [5.74, 6) is -1.90. The topological polar surface area (TPSA) is 227 Å². The predicted octanol–water partition coefficient (Wildman–Crippen LogP) is 5.02. The fourth-order valence-corrected chi connectivity index (χ4v) is 8.21. The summed E-state index contributed by atoms with van der Waals surface area (Å²) in [7, 11) is -6.04. The highest BCUT2D eigenvalue weighted by molar-refractivity contribution is 7.93. The van der Waals surface area contributed by atoms with E-state index in [1.165, 1.54) is 51.6 Å². The third-order valence-electron chi connectivity index (χ3n) is 8.00. The Morgan fingerprint density at radius 2 is 1.67 bits per heavy atom. The van der Waals surface area contributed by atoms with Gasteiger partial charge in [-0.05, 0) is 63.3 Å². The lowest BCUT2D eigenvalue weighted by atomic mass is 10.2. The lowest BCUT2D eigenvalue weighted by molar-refractivity contribution is -0.114. The van der Waals surface area contributed by atoms with Crippen molar-refractivity contribution in [3.05, 3.63) is 64.8 Å². The maximum atomic E-state index is 14.3. The van der Waals surface area contributed by atoms with Gasteiger partial charge in [0.15, 0.2) is 25.6 Å². The molecule has 1 aliphatic carbocycles. The Morgan fingerprint density at radius 1 is 1.02 bits per heavy atom. The highest BCUT2D eigenvalue weighted by atomic mass is 35.5. The minimum Gasteiger partial charge on any atom is -0.489 e. The molecule has 1 aromatic carbocycles. The number of sulfone groups is 1. The number of ether oxygens (including phenoxy) is 4. The van der Waals surface area contributed by atoms with Gasteiger partial charge < -0.3 is 18.9 Å². The molecule has 18 nitrogen and oxygen atoms in total. The Morgan fingerprint density at radius 3 is 2.25 bits per heavy atom. The smallest absolute Gasteiger partial charge is 0.427 e. The van der Waals surface area contributed by atoms with Crippen LogP contribution in [0, 0.1) is 5.82 Å². The van der Waals surface area contributed by atoms with Crippen LogP contribution in [0.5, 0.6) is 17.5 Å². The van der Waals surface area contributed by atoms with Gasteiger partial charge in [0.05, 0.1) is 42.9 Å². The molecule has 4 amide bonds. The van der Waals surface area contributed by atoms with Crippen molar-refractivity contribution in [3.63, 3.8) is 0 Å². The fraction of sp³-hybridized carbons (Fsp3) is 0.333.